The summed E-state index contributed by atoms with van der Waals surface area (Å²) in [5, 5.41) is 0. The summed E-state index contributed by atoms with van der Waals surface area (Å²) < 4.78 is 0. The Kier molecular flexibility index (Phi) is 3.52. The van der Waals surface area contributed by atoms with Gasteiger partial charge in [-0.15, -0.1) is 0 Å². The molecule has 0 bridgehead atoms. The van der Waals surface area contributed by atoms with Gasteiger partial charge in [0, 0.05) is 18.7 Å². The van der Waals surface area contributed by atoms with Crippen LogP contribution in [0.5, 0.6) is 0 Å². The molecular weight excluding hydrogens is 248 g/mol. The van der Waals surface area contributed by atoms with Gasteiger partial charge in [-0.1, -0.05) is 42.5 Å². The summed E-state index contributed by atoms with van der Waals surface area (Å²) in [5.74, 6) is 0.0653. The molecule has 0 aliphatic carbocycles. The van der Waals surface area contributed by atoms with Gasteiger partial charge in [0.05, 0.1) is 6.04 Å². The second-order valence-corrected chi connectivity index (χ2v) is 5.06. The van der Waals surface area contributed by atoms with Crippen LogP contribution in [0, 0.1) is 0 Å². The molecule has 3 heteroatoms. The minimum atomic E-state index is -0.0207. The average molecular weight is 266 g/mol. The van der Waals surface area contributed by atoms with Crippen molar-refractivity contribution in [2.45, 2.75) is 12.5 Å². The first-order valence-corrected chi connectivity index (χ1v) is 6.95. The Bertz CT molecular complexity index is 609. The van der Waals surface area contributed by atoms with Crippen molar-refractivity contribution < 1.29 is 4.79 Å². The molecular formula is C17H18N2O. The molecule has 1 aliphatic heterocycles. The molecule has 1 unspecified atom stereocenters. The van der Waals surface area contributed by atoms with Crippen LogP contribution < -0.4 is 5.73 Å². The van der Waals surface area contributed by atoms with Crippen molar-refractivity contribution in [2.75, 3.05) is 13.1 Å². The van der Waals surface area contributed by atoms with Crippen LogP contribution in [0.4, 0.5) is 0 Å². The number of carbonyl (C=O) groups excluding carboxylic acids is 1. The molecule has 0 saturated carbocycles. The summed E-state index contributed by atoms with van der Waals surface area (Å²) in [6, 6.07) is 17.7. The Labute approximate surface area is 119 Å². The molecule has 2 aromatic rings. The largest absolute Gasteiger partial charge is 0.330 e. The van der Waals surface area contributed by atoms with Gasteiger partial charge >= 0.3 is 0 Å². The third-order valence-electron chi connectivity index (χ3n) is 3.92. The fourth-order valence-corrected chi connectivity index (χ4v) is 2.90. The minimum Gasteiger partial charge on any atom is -0.330 e. The van der Waals surface area contributed by atoms with E-state index in [2.05, 4.69) is 12.1 Å². The Hall–Kier alpha value is -2.13. The van der Waals surface area contributed by atoms with Gasteiger partial charge in [-0.3, -0.25) is 4.79 Å². The van der Waals surface area contributed by atoms with Crippen LogP contribution in [0.2, 0.25) is 0 Å². The zero-order chi connectivity index (χ0) is 13.9. The van der Waals surface area contributed by atoms with E-state index in [1.807, 2.05) is 47.4 Å². The van der Waals surface area contributed by atoms with Crippen molar-refractivity contribution in [3.05, 3.63) is 71.3 Å². The molecule has 0 radical (unpaired) electrons. The first-order valence-electron chi connectivity index (χ1n) is 6.95. The Morgan fingerprint density at radius 1 is 1.10 bits per heavy atom. The second-order valence-electron chi connectivity index (χ2n) is 5.06. The Balaban J connectivity index is 1.94. The van der Waals surface area contributed by atoms with E-state index in [0.29, 0.717) is 6.54 Å². The number of nitrogens with zero attached hydrogens (tertiary/aromatic N) is 1. The molecule has 102 valence electrons. The number of fused-ring (bicyclic) bond motifs is 1. The lowest BCUT2D eigenvalue weighted by Crippen LogP contribution is -2.43. The molecule has 2 N–H and O–H groups in total. The molecule has 1 aliphatic rings. The van der Waals surface area contributed by atoms with Crippen LogP contribution in [0.25, 0.3) is 0 Å². The van der Waals surface area contributed by atoms with Crippen molar-refractivity contribution >= 4 is 5.91 Å². The number of hydrogen-bond donors (Lipinski definition) is 1. The summed E-state index contributed by atoms with van der Waals surface area (Å²) in [5.41, 5.74) is 9.15. The highest BCUT2D eigenvalue weighted by Gasteiger charge is 2.29. The minimum absolute atomic E-state index is 0.0207. The maximum Gasteiger partial charge on any atom is 0.254 e. The molecule has 0 spiro atoms. The van der Waals surface area contributed by atoms with Crippen LogP contribution in [-0.2, 0) is 6.42 Å². The van der Waals surface area contributed by atoms with E-state index in [1.54, 1.807) is 0 Å². The molecule has 1 amide bonds. The lowest BCUT2D eigenvalue weighted by Gasteiger charge is -2.36. The number of carbonyl (C=O) groups is 1. The highest BCUT2D eigenvalue weighted by Crippen LogP contribution is 2.29. The van der Waals surface area contributed by atoms with Gasteiger partial charge in [-0.05, 0) is 29.7 Å². The maximum absolute atomic E-state index is 12.6. The normalized spacial score (nSPS) is 17.6. The highest BCUT2D eigenvalue weighted by atomic mass is 16.2. The molecule has 0 aromatic heterocycles. The smallest absolute Gasteiger partial charge is 0.254 e. The lowest BCUT2D eigenvalue weighted by molar-refractivity contribution is 0.0668. The average Bonchev–Trinajstić information content (AvgIpc) is 2.54. The van der Waals surface area contributed by atoms with Gasteiger partial charge in [0.2, 0.25) is 0 Å². The number of rotatable bonds is 2. The van der Waals surface area contributed by atoms with Crippen LogP contribution in [-0.4, -0.2) is 23.9 Å². The highest BCUT2D eigenvalue weighted by molar-refractivity contribution is 5.94. The Morgan fingerprint density at radius 2 is 1.80 bits per heavy atom. The van der Waals surface area contributed by atoms with E-state index >= 15 is 0 Å². The van der Waals surface area contributed by atoms with E-state index in [9.17, 15) is 4.79 Å². The van der Waals surface area contributed by atoms with Crippen molar-refractivity contribution in [3.8, 4) is 0 Å². The summed E-state index contributed by atoms with van der Waals surface area (Å²) in [4.78, 5) is 14.5. The summed E-state index contributed by atoms with van der Waals surface area (Å²) in [7, 11) is 0. The van der Waals surface area contributed by atoms with Crippen LogP contribution in [0.3, 0.4) is 0 Å². The number of amides is 1. The summed E-state index contributed by atoms with van der Waals surface area (Å²) in [6.07, 6.45) is 0.894. The first-order chi connectivity index (χ1) is 9.81. The monoisotopic (exact) mass is 266 g/mol. The quantitative estimate of drug-likeness (QED) is 0.907. The van der Waals surface area contributed by atoms with Gasteiger partial charge in [0.15, 0.2) is 0 Å². The number of benzene rings is 2. The summed E-state index contributed by atoms with van der Waals surface area (Å²) >= 11 is 0. The third kappa shape index (κ3) is 2.21. The van der Waals surface area contributed by atoms with Gasteiger partial charge in [-0.2, -0.15) is 0 Å². The van der Waals surface area contributed by atoms with Crippen molar-refractivity contribution in [2.24, 2.45) is 5.73 Å². The number of hydrogen-bond acceptors (Lipinski definition) is 2. The molecule has 2 aromatic carbocycles. The first kappa shape index (κ1) is 12.9. The van der Waals surface area contributed by atoms with Crippen molar-refractivity contribution in [1.82, 2.24) is 4.90 Å². The van der Waals surface area contributed by atoms with E-state index in [4.69, 9.17) is 5.73 Å². The predicted octanol–water partition coefficient (Wildman–Crippen LogP) is 2.38. The van der Waals surface area contributed by atoms with E-state index < -0.39 is 0 Å². The topological polar surface area (TPSA) is 46.3 Å². The molecule has 3 nitrogen and oxygen atoms in total. The number of nitrogens with two attached hydrogens (primary N) is 1. The van der Waals surface area contributed by atoms with E-state index in [0.717, 1.165) is 18.5 Å². The molecule has 20 heavy (non-hydrogen) atoms. The zero-order valence-corrected chi connectivity index (χ0v) is 11.3. The van der Waals surface area contributed by atoms with Crippen molar-refractivity contribution in [1.29, 1.82) is 0 Å². The van der Waals surface area contributed by atoms with Crippen LogP contribution in [0.1, 0.15) is 27.5 Å². The molecule has 1 atom stereocenters. The molecule has 3 rings (SSSR count). The second kappa shape index (κ2) is 5.47. The fraction of sp³-hybridized carbons (Fsp3) is 0.235. The van der Waals surface area contributed by atoms with Gasteiger partial charge in [0.25, 0.3) is 5.91 Å². The van der Waals surface area contributed by atoms with E-state index in [-0.39, 0.29) is 11.9 Å². The standard InChI is InChI=1S/C17H18N2O/c18-12-16-15-9-5-4-6-13(15)10-11-19(16)17(20)14-7-2-1-3-8-14/h1-9,16H,10-12,18H2. The van der Waals surface area contributed by atoms with Gasteiger partial charge < -0.3 is 10.6 Å². The van der Waals surface area contributed by atoms with Crippen LogP contribution >= 0.6 is 0 Å². The van der Waals surface area contributed by atoms with Crippen molar-refractivity contribution in [3.63, 3.8) is 0 Å². The fourth-order valence-electron chi connectivity index (χ4n) is 2.90. The Morgan fingerprint density at radius 3 is 2.55 bits per heavy atom. The zero-order valence-electron chi connectivity index (χ0n) is 11.3. The van der Waals surface area contributed by atoms with Gasteiger partial charge in [0.1, 0.15) is 0 Å². The van der Waals surface area contributed by atoms with Gasteiger partial charge in [-0.25, -0.2) is 0 Å². The molecule has 1 heterocycles. The predicted molar refractivity (Wildman–Crippen MR) is 79.4 cm³/mol. The molecule has 0 saturated heterocycles. The maximum atomic E-state index is 12.6. The van der Waals surface area contributed by atoms with E-state index in [1.165, 1.54) is 11.1 Å². The third-order valence-corrected chi connectivity index (χ3v) is 3.92. The lowest BCUT2D eigenvalue weighted by atomic mass is 9.92. The van der Waals surface area contributed by atoms with Crippen LogP contribution in [0.15, 0.2) is 54.6 Å². The SMILES string of the molecule is NCC1c2ccccc2CCN1C(=O)c1ccccc1. The summed E-state index contributed by atoms with van der Waals surface area (Å²) in [6.45, 7) is 1.18. The molecule has 0 fully saturated rings.